The second-order valence-electron chi connectivity index (χ2n) is 2.68. The molecule has 0 saturated carbocycles. The molecular weight excluding hydrogens is 196 g/mol. The molecule has 7 nitrogen and oxygen atoms in total. The smallest absolute Gasteiger partial charge is 0.304 e. The normalized spacial score (nSPS) is 14.0. The van der Waals surface area contributed by atoms with Crippen LogP contribution in [0, 0.1) is 5.41 Å². The Balaban J connectivity index is 4.97. The van der Waals surface area contributed by atoms with Crippen LogP contribution in [0.2, 0.25) is 0 Å². The van der Waals surface area contributed by atoms with Gasteiger partial charge in [0.15, 0.2) is 0 Å². The molecule has 1 atom stereocenters. The van der Waals surface area contributed by atoms with Crippen molar-refractivity contribution in [2.45, 2.75) is 12.8 Å². The molecule has 0 aliphatic carbocycles. The molecule has 7 heteroatoms. The van der Waals surface area contributed by atoms with Gasteiger partial charge in [-0.05, 0) is 0 Å². The highest BCUT2D eigenvalue weighted by Gasteiger charge is 2.34. The number of aliphatic carboxylic acids is 3. The van der Waals surface area contributed by atoms with Gasteiger partial charge in [-0.15, -0.1) is 0 Å². The number of carboxylic acid groups (broad SMARTS) is 3. The van der Waals surface area contributed by atoms with Crippen molar-refractivity contribution in [2.24, 2.45) is 5.41 Å². The van der Waals surface area contributed by atoms with Crippen LogP contribution in [0.4, 0.5) is 0 Å². The van der Waals surface area contributed by atoms with Gasteiger partial charge in [-0.3, -0.25) is 4.79 Å². The van der Waals surface area contributed by atoms with Gasteiger partial charge < -0.3 is 29.7 Å². The molecule has 0 aliphatic rings. The number of carbonyl (C=O) groups excluding carboxylic acids is 3. The third-order valence-electron chi connectivity index (χ3n) is 1.56. The van der Waals surface area contributed by atoms with E-state index in [9.17, 15) is 29.4 Å². The first-order valence-corrected chi connectivity index (χ1v) is 3.43. The molecular formula is C7H6O7-2. The lowest BCUT2D eigenvalue weighted by Crippen LogP contribution is -2.48. The topological polar surface area (TPSA) is 135 Å². The van der Waals surface area contributed by atoms with Crippen LogP contribution in [0.1, 0.15) is 12.8 Å². The van der Waals surface area contributed by atoms with Crippen molar-refractivity contribution in [3.63, 3.8) is 0 Å². The van der Waals surface area contributed by atoms with E-state index in [1.54, 1.807) is 0 Å². The summed E-state index contributed by atoms with van der Waals surface area (Å²) >= 11 is 0. The van der Waals surface area contributed by atoms with E-state index in [2.05, 4.69) is 0 Å². The lowest BCUT2D eigenvalue weighted by Gasteiger charge is -2.27. The summed E-state index contributed by atoms with van der Waals surface area (Å²) in [5.41, 5.74) is -2.55. The summed E-state index contributed by atoms with van der Waals surface area (Å²) in [6, 6.07) is 0. The standard InChI is InChI=1S/C7H8O7/c8-3-7(6(13)14,1-4(9)10)2-5(11)12/h3H,1-2H2,(H,9,10)(H,11,12)(H,13,14)/p-2. The van der Waals surface area contributed by atoms with Gasteiger partial charge in [0.05, 0.1) is 17.8 Å². The number of aldehydes is 1. The van der Waals surface area contributed by atoms with Crippen LogP contribution in [-0.2, 0) is 19.2 Å². The largest absolute Gasteiger partial charge is 0.550 e. The summed E-state index contributed by atoms with van der Waals surface area (Å²) < 4.78 is 0. The van der Waals surface area contributed by atoms with Gasteiger partial charge >= 0.3 is 5.97 Å². The monoisotopic (exact) mass is 202 g/mol. The first-order valence-electron chi connectivity index (χ1n) is 3.43. The van der Waals surface area contributed by atoms with Crippen molar-refractivity contribution in [1.82, 2.24) is 0 Å². The van der Waals surface area contributed by atoms with Crippen molar-refractivity contribution in [3.05, 3.63) is 0 Å². The predicted octanol–water partition coefficient (Wildman–Crippen LogP) is -3.46. The predicted molar refractivity (Wildman–Crippen MR) is 35.4 cm³/mol. The van der Waals surface area contributed by atoms with Crippen LogP contribution in [-0.4, -0.2) is 29.3 Å². The molecule has 0 aromatic heterocycles. The molecule has 0 heterocycles. The van der Waals surface area contributed by atoms with E-state index in [1.807, 2.05) is 0 Å². The second kappa shape index (κ2) is 4.35. The van der Waals surface area contributed by atoms with Gasteiger partial charge in [0.2, 0.25) is 0 Å². The van der Waals surface area contributed by atoms with Crippen LogP contribution in [0.5, 0.6) is 0 Å². The van der Waals surface area contributed by atoms with Gasteiger partial charge in [-0.2, -0.15) is 0 Å². The summed E-state index contributed by atoms with van der Waals surface area (Å²) in [5.74, 6) is -5.48. The van der Waals surface area contributed by atoms with Gasteiger partial charge in [-0.25, -0.2) is 0 Å². The fraction of sp³-hybridized carbons (Fsp3) is 0.429. The number of rotatable bonds is 6. The Kier molecular flexibility index (Phi) is 3.76. The first kappa shape index (κ1) is 12.1. The van der Waals surface area contributed by atoms with Crippen molar-refractivity contribution in [2.75, 3.05) is 0 Å². The SMILES string of the molecule is O=CC(CC(=O)[O-])(CC(=O)O)C(=O)[O-]. The maximum absolute atomic E-state index is 10.4. The summed E-state index contributed by atoms with van der Waals surface area (Å²) in [7, 11) is 0. The maximum Gasteiger partial charge on any atom is 0.304 e. The van der Waals surface area contributed by atoms with E-state index in [1.165, 1.54) is 0 Å². The van der Waals surface area contributed by atoms with E-state index in [4.69, 9.17) is 5.11 Å². The third-order valence-corrected chi connectivity index (χ3v) is 1.56. The van der Waals surface area contributed by atoms with Crippen molar-refractivity contribution < 1.29 is 34.5 Å². The molecule has 0 bridgehead atoms. The summed E-state index contributed by atoms with van der Waals surface area (Å²) in [6.45, 7) is 0. The minimum atomic E-state index is -2.55. The zero-order valence-electron chi connectivity index (χ0n) is 6.89. The lowest BCUT2D eigenvalue weighted by atomic mass is 9.83. The molecule has 78 valence electrons. The van der Waals surface area contributed by atoms with E-state index >= 15 is 0 Å². The molecule has 0 saturated heterocycles. The Hall–Kier alpha value is -1.92. The minimum Gasteiger partial charge on any atom is -0.550 e. The molecule has 0 fully saturated rings. The molecule has 0 amide bonds. The Morgan fingerprint density at radius 3 is 1.93 bits per heavy atom. The van der Waals surface area contributed by atoms with Crippen LogP contribution in [0.15, 0.2) is 0 Å². The Bertz CT molecular complexity index is 264. The summed E-state index contributed by atoms with van der Waals surface area (Å²) in [5, 5.41) is 28.8. The average molecular weight is 202 g/mol. The average Bonchev–Trinajstić information content (AvgIpc) is 2.00. The Morgan fingerprint density at radius 2 is 1.71 bits per heavy atom. The zero-order valence-corrected chi connectivity index (χ0v) is 6.89. The molecule has 0 radical (unpaired) electrons. The third kappa shape index (κ3) is 2.85. The quantitative estimate of drug-likeness (QED) is 0.349. The van der Waals surface area contributed by atoms with Crippen molar-refractivity contribution in [3.8, 4) is 0 Å². The minimum absolute atomic E-state index is 0.258. The summed E-state index contributed by atoms with van der Waals surface area (Å²) in [6.07, 6.45) is -2.62. The van der Waals surface area contributed by atoms with Gasteiger partial charge in [0.1, 0.15) is 6.29 Å². The second-order valence-corrected chi connectivity index (χ2v) is 2.68. The molecule has 0 aliphatic heterocycles. The number of hydrogen-bond donors (Lipinski definition) is 1. The highest BCUT2D eigenvalue weighted by atomic mass is 16.4. The molecule has 0 aromatic rings. The van der Waals surface area contributed by atoms with Crippen LogP contribution in [0.3, 0.4) is 0 Å². The number of carboxylic acids is 3. The number of hydrogen-bond acceptors (Lipinski definition) is 6. The highest BCUT2D eigenvalue weighted by molar-refractivity contribution is 5.97. The van der Waals surface area contributed by atoms with E-state index in [0.29, 0.717) is 0 Å². The van der Waals surface area contributed by atoms with Gasteiger partial charge in [0, 0.05) is 12.4 Å². The molecule has 0 rings (SSSR count). The van der Waals surface area contributed by atoms with Crippen LogP contribution >= 0.6 is 0 Å². The van der Waals surface area contributed by atoms with E-state index < -0.39 is 36.2 Å². The van der Waals surface area contributed by atoms with Crippen LogP contribution in [0.25, 0.3) is 0 Å². The molecule has 0 aromatic carbocycles. The van der Waals surface area contributed by atoms with Crippen LogP contribution < -0.4 is 10.2 Å². The molecule has 1 N–H and O–H groups in total. The molecule has 0 spiro atoms. The summed E-state index contributed by atoms with van der Waals surface area (Å²) in [4.78, 5) is 41.1. The number of carbonyl (C=O) groups is 4. The van der Waals surface area contributed by atoms with E-state index in [-0.39, 0.29) is 6.29 Å². The van der Waals surface area contributed by atoms with Crippen molar-refractivity contribution in [1.29, 1.82) is 0 Å². The maximum atomic E-state index is 10.4. The Morgan fingerprint density at radius 1 is 1.21 bits per heavy atom. The van der Waals surface area contributed by atoms with Gasteiger partial charge in [-0.1, -0.05) is 0 Å². The molecule has 14 heavy (non-hydrogen) atoms. The fourth-order valence-electron chi connectivity index (χ4n) is 0.866. The Labute approximate surface area is 78.0 Å². The van der Waals surface area contributed by atoms with E-state index in [0.717, 1.165) is 0 Å². The lowest BCUT2D eigenvalue weighted by molar-refractivity contribution is -0.325. The van der Waals surface area contributed by atoms with Crippen molar-refractivity contribution >= 4 is 24.2 Å². The highest BCUT2D eigenvalue weighted by Crippen LogP contribution is 2.22. The molecule has 1 unspecified atom stereocenters. The zero-order chi connectivity index (χ0) is 11.4. The first-order chi connectivity index (χ1) is 6.34. The fourth-order valence-corrected chi connectivity index (χ4v) is 0.866. The van der Waals surface area contributed by atoms with Gasteiger partial charge in [0.25, 0.3) is 0 Å².